The fourth-order valence-corrected chi connectivity index (χ4v) is 2.42. The number of carbonyl (C=O) groups excluding carboxylic acids is 1. The summed E-state index contributed by atoms with van der Waals surface area (Å²) in [4.78, 5) is 13.5. The number of rotatable bonds is 5. The van der Waals surface area contributed by atoms with Gasteiger partial charge in [0.1, 0.15) is 0 Å². The highest BCUT2D eigenvalue weighted by molar-refractivity contribution is 8.13. The van der Waals surface area contributed by atoms with Crippen LogP contribution in [0, 0.1) is 6.92 Å². The highest BCUT2D eigenvalue weighted by Crippen LogP contribution is 2.19. The zero-order valence-electron chi connectivity index (χ0n) is 11.0. The number of aryl methyl sites for hydroxylation is 1. The summed E-state index contributed by atoms with van der Waals surface area (Å²) in [5, 5.41) is 0. The van der Waals surface area contributed by atoms with Crippen LogP contribution >= 0.6 is 10.7 Å². The molecule has 5 nitrogen and oxygen atoms in total. The van der Waals surface area contributed by atoms with Gasteiger partial charge in [-0.25, -0.2) is 8.42 Å². The zero-order chi connectivity index (χ0) is 14.6. The Kier molecular flexibility index (Phi) is 5.34. The van der Waals surface area contributed by atoms with Crippen molar-refractivity contribution in [1.29, 1.82) is 0 Å². The van der Waals surface area contributed by atoms with Gasteiger partial charge in [-0.15, -0.1) is 0 Å². The average Bonchev–Trinajstić information content (AvgIpc) is 2.33. The molecule has 1 rings (SSSR count). The van der Waals surface area contributed by atoms with Crippen LogP contribution in [0.15, 0.2) is 23.1 Å². The molecule has 0 heterocycles. The van der Waals surface area contributed by atoms with Crippen molar-refractivity contribution in [3.05, 3.63) is 29.3 Å². The zero-order valence-corrected chi connectivity index (χ0v) is 12.6. The predicted molar refractivity (Wildman–Crippen MR) is 73.1 cm³/mol. The molecule has 0 radical (unpaired) electrons. The third-order valence-electron chi connectivity index (χ3n) is 2.56. The summed E-state index contributed by atoms with van der Waals surface area (Å²) in [6.07, 6.45) is 0. The summed E-state index contributed by atoms with van der Waals surface area (Å²) in [5.74, 6) is -0.276. The first-order valence-electron chi connectivity index (χ1n) is 5.56. The van der Waals surface area contributed by atoms with Crippen LogP contribution < -0.4 is 0 Å². The summed E-state index contributed by atoms with van der Waals surface area (Å²) in [6, 6.07) is 4.33. The van der Waals surface area contributed by atoms with E-state index in [2.05, 4.69) is 0 Å². The Labute approximate surface area is 117 Å². The Morgan fingerprint density at radius 3 is 2.53 bits per heavy atom. The molecule has 0 aliphatic heterocycles. The first-order chi connectivity index (χ1) is 8.75. The molecule has 0 aliphatic carbocycles. The number of nitrogens with zero attached hydrogens (tertiary/aromatic N) is 1. The molecule has 0 saturated heterocycles. The molecule has 106 valence electrons. The van der Waals surface area contributed by atoms with Crippen LogP contribution in [-0.2, 0) is 13.8 Å². The van der Waals surface area contributed by atoms with Crippen molar-refractivity contribution in [1.82, 2.24) is 4.90 Å². The lowest BCUT2D eigenvalue weighted by atomic mass is 10.1. The van der Waals surface area contributed by atoms with Gasteiger partial charge in [0.25, 0.3) is 15.0 Å². The van der Waals surface area contributed by atoms with E-state index in [4.69, 9.17) is 15.4 Å². The minimum Gasteiger partial charge on any atom is -0.383 e. The number of ether oxygens (including phenoxy) is 1. The molecule has 0 fully saturated rings. The number of carbonyl (C=O) groups is 1. The summed E-state index contributed by atoms with van der Waals surface area (Å²) in [5.41, 5.74) is 0.947. The number of halogens is 1. The third kappa shape index (κ3) is 4.49. The molecular formula is C12H16ClNO4S. The number of hydrogen-bond donors (Lipinski definition) is 0. The highest BCUT2D eigenvalue weighted by atomic mass is 35.7. The van der Waals surface area contributed by atoms with Gasteiger partial charge in [-0.05, 0) is 30.7 Å². The van der Waals surface area contributed by atoms with E-state index in [1.807, 2.05) is 0 Å². The Morgan fingerprint density at radius 2 is 2.00 bits per heavy atom. The summed E-state index contributed by atoms with van der Waals surface area (Å²) >= 11 is 0. The molecule has 0 atom stereocenters. The molecule has 19 heavy (non-hydrogen) atoms. The van der Waals surface area contributed by atoms with Crippen LogP contribution in [-0.4, -0.2) is 46.5 Å². The Morgan fingerprint density at radius 1 is 1.37 bits per heavy atom. The van der Waals surface area contributed by atoms with E-state index < -0.39 is 9.05 Å². The van der Waals surface area contributed by atoms with Crippen molar-refractivity contribution in [2.75, 3.05) is 27.3 Å². The van der Waals surface area contributed by atoms with Crippen molar-refractivity contribution in [2.24, 2.45) is 0 Å². The average molecular weight is 306 g/mol. The smallest absolute Gasteiger partial charge is 0.261 e. The fourth-order valence-electron chi connectivity index (χ4n) is 1.56. The third-order valence-corrected chi connectivity index (χ3v) is 3.89. The standard InChI is InChI=1S/C12H16ClNO4S/c1-9-6-10(8-11(7-9)19(13,16)17)12(15)14(2)4-5-18-3/h6-8H,4-5H2,1-3H3. The van der Waals surface area contributed by atoms with Crippen LogP contribution in [0.1, 0.15) is 15.9 Å². The Balaban J connectivity index is 3.07. The van der Waals surface area contributed by atoms with Crippen molar-refractivity contribution in [3.8, 4) is 0 Å². The first kappa shape index (κ1) is 15.9. The van der Waals surface area contributed by atoms with Gasteiger partial charge in [0.05, 0.1) is 11.5 Å². The lowest BCUT2D eigenvalue weighted by Crippen LogP contribution is -2.30. The molecule has 0 unspecified atom stereocenters. The molecular weight excluding hydrogens is 290 g/mol. The molecule has 0 bridgehead atoms. The minimum atomic E-state index is -3.85. The number of methoxy groups -OCH3 is 1. The molecule has 1 aromatic rings. The molecule has 0 aromatic heterocycles. The summed E-state index contributed by atoms with van der Waals surface area (Å²) in [6.45, 7) is 2.54. The van der Waals surface area contributed by atoms with Crippen LogP contribution in [0.5, 0.6) is 0 Å². The maximum absolute atomic E-state index is 12.1. The van der Waals surface area contributed by atoms with Crippen molar-refractivity contribution in [2.45, 2.75) is 11.8 Å². The van der Waals surface area contributed by atoms with E-state index in [-0.39, 0.29) is 16.4 Å². The molecule has 0 aliphatic rings. The maximum atomic E-state index is 12.1. The van der Waals surface area contributed by atoms with Gasteiger partial charge in [-0.1, -0.05) is 0 Å². The van der Waals surface area contributed by atoms with E-state index in [1.165, 1.54) is 17.0 Å². The first-order valence-corrected chi connectivity index (χ1v) is 7.87. The van der Waals surface area contributed by atoms with E-state index >= 15 is 0 Å². The monoisotopic (exact) mass is 305 g/mol. The lowest BCUT2D eigenvalue weighted by Gasteiger charge is -2.17. The maximum Gasteiger partial charge on any atom is 0.261 e. The van der Waals surface area contributed by atoms with Crippen molar-refractivity contribution in [3.63, 3.8) is 0 Å². The lowest BCUT2D eigenvalue weighted by molar-refractivity contribution is 0.0744. The van der Waals surface area contributed by atoms with Gasteiger partial charge >= 0.3 is 0 Å². The van der Waals surface area contributed by atoms with Gasteiger partial charge in [0, 0.05) is 36.9 Å². The van der Waals surface area contributed by atoms with Crippen LogP contribution in [0.2, 0.25) is 0 Å². The quantitative estimate of drug-likeness (QED) is 0.776. The normalized spacial score (nSPS) is 11.4. The molecule has 0 N–H and O–H groups in total. The highest BCUT2D eigenvalue weighted by Gasteiger charge is 2.17. The van der Waals surface area contributed by atoms with E-state index in [0.29, 0.717) is 18.7 Å². The van der Waals surface area contributed by atoms with Crippen molar-refractivity contribution >= 4 is 25.6 Å². The van der Waals surface area contributed by atoms with Crippen LogP contribution in [0.4, 0.5) is 0 Å². The largest absolute Gasteiger partial charge is 0.383 e. The number of hydrogen-bond acceptors (Lipinski definition) is 4. The van der Waals surface area contributed by atoms with Crippen LogP contribution in [0.25, 0.3) is 0 Å². The van der Waals surface area contributed by atoms with Gasteiger partial charge in [-0.2, -0.15) is 0 Å². The molecule has 7 heteroatoms. The Bertz CT molecular complexity index is 571. The van der Waals surface area contributed by atoms with Crippen LogP contribution in [0.3, 0.4) is 0 Å². The second-order valence-electron chi connectivity index (χ2n) is 4.19. The predicted octanol–water partition coefficient (Wildman–Crippen LogP) is 1.64. The van der Waals surface area contributed by atoms with E-state index in [1.54, 1.807) is 27.1 Å². The molecule has 1 amide bonds. The van der Waals surface area contributed by atoms with Crippen molar-refractivity contribution < 1.29 is 17.9 Å². The number of benzene rings is 1. The number of amides is 1. The van der Waals surface area contributed by atoms with E-state index in [9.17, 15) is 13.2 Å². The van der Waals surface area contributed by atoms with Gasteiger partial charge in [0.2, 0.25) is 0 Å². The molecule has 0 spiro atoms. The second-order valence-corrected chi connectivity index (χ2v) is 6.76. The second kappa shape index (κ2) is 6.36. The fraction of sp³-hybridized carbons (Fsp3) is 0.417. The SMILES string of the molecule is COCCN(C)C(=O)c1cc(C)cc(S(=O)(=O)Cl)c1. The molecule has 1 aromatic carbocycles. The van der Waals surface area contributed by atoms with Gasteiger partial charge in [0.15, 0.2) is 0 Å². The van der Waals surface area contributed by atoms with E-state index in [0.717, 1.165) is 0 Å². The van der Waals surface area contributed by atoms with Gasteiger partial charge < -0.3 is 9.64 Å². The molecule has 0 saturated carbocycles. The number of likely N-dealkylation sites (N-methyl/N-ethyl adjacent to an activating group) is 1. The minimum absolute atomic E-state index is 0.0716. The Hall–Kier alpha value is -1.11. The summed E-state index contributed by atoms with van der Waals surface area (Å²) in [7, 11) is 4.62. The van der Waals surface area contributed by atoms with Gasteiger partial charge in [-0.3, -0.25) is 4.79 Å². The summed E-state index contributed by atoms with van der Waals surface area (Å²) < 4.78 is 27.5. The topological polar surface area (TPSA) is 63.7 Å².